The number of hydrogen-bond acceptors (Lipinski definition) is 5. The number of carbonyl (C=O) groups is 2. The second-order valence-electron chi connectivity index (χ2n) is 4.41. The van der Waals surface area contributed by atoms with E-state index in [-0.39, 0.29) is 18.4 Å². The third-order valence-corrected chi connectivity index (χ3v) is 3.90. The Labute approximate surface area is 119 Å². The Morgan fingerprint density at radius 3 is 3.25 bits per heavy atom. The Morgan fingerprint density at radius 2 is 2.45 bits per heavy atom. The molecule has 0 saturated heterocycles. The van der Waals surface area contributed by atoms with Crippen molar-refractivity contribution >= 4 is 28.3 Å². The average Bonchev–Trinajstić information content (AvgIpc) is 3.01. The van der Waals surface area contributed by atoms with Crippen molar-refractivity contribution in [3.63, 3.8) is 0 Å². The van der Waals surface area contributed by atoms with Crippen molar-refractivity contribution in [3.05, 3.63) is 29.0 Å². The summed E-state index contributed by atoms with van der Waals surface area (Å²) in [6.45, 7) is 0.798. The number of carbonyl (C=O) groups excluding carboxylic acids is 2. The molecule has 0 saturated carbocycles. The van der Waals surface area contributed by atoms with Crippen LogP contribution in [0, 0.1) is 0 Å². The van der Waals surface area contributed by atoms with Gasteiger partial charge in [0.15, 0.2) is 5.13 Å². The van der Waals surface area contributed by atoms with Crippen LogP contribution in [0.3, 0.4) is 0 Å². The number of hydrogen-bond donors (Lipinski definition) is 2. The van der Waals surface area contributed by atoms with Crippen molar-refractivity contribution in [2.45, 2.75) is 19.4 Å². The lowest BCUT2D eigenvalue weighted by Crippen LogP contribution is -2.21. The normalized spacial score (nSPS) is 14.3. The minimum Gasteiger partial charge on any atom is -0.351 e. The zero-order valence-electron chi connectivity index (χ0n) is 10.6. The number of aromatic nitrogens is 3. The highest BCUT2D eigenvalue weighted by atomic mass is 32.1. The van der Waals surface area contributed by atoms with Crippen LogP contribution in [0.2, 0.25) is 0 Å². The number of nitrogens with one attached hydrogen (secondary N) is 2. The Hall–Kier alpha value is -2.22. The van der Waals surface area contributed by atoms with E-state index < -0.39 is 0 Å². The highest BCUT2D eigenvalue weighted by Crippen LogP contribution is 2.25. The first-order valence-electron chi connectivity index (χ1n) is 6.27. The topological polar surface area (TPSA) is 88.9 Å². The van der Waals surface area contributed by atoms with Gasteiger partial charge in [0.25, 0.3) is 5.91 Å². The molecule has 0 atom stereocenters. The molecule has 0 bridgehead atoms. The molecule has 0 fully saturated rings. The van der Waals surface area contributed by atoms with E-state index in [0.717, 1.165) is 18.5 Å². The van der Waals surface area contributed by atoms with Gasteiger partial charge in [0.1, 0.15) is 11.4 Å². The minimum absolute atomic E-state index is 0.109. The lowest BCUT2D eigenvalue weighted by Gasteiger charge is -2.01. The SMILES string of the molecule is O=C(Cn1cccn1)Nc1nc2c(s1)C(=O)NCCC2. The Morgan fingerprint density at radius 1 is 1.55 bits per heavy atom. The zero-order valence-corrected chi connectivity index (χ0v) is 11.4. The summed E-state index contributed by atoms with van der Waals surface area (Å²) in [7, 11) is 0. The smallest absolute Gasteiger partial charge is 0.263 e. The van der Waals surface area contributed by atoms with Crippen molar-refractivity contribution < 1.29 is 9.59 Å². The first kappa shape index (κ1) is 12.8. The minimum atomic E-state index is -0.210. The second kappa shape index (κ2) is 5.41. The maximum Gasteiger partial charge on any atom is 0.263 e. The molecule has 0 spiro atoms. The molecule has 7 nitrogen and oxygen atoms in total. The maximum absolute atomic E-state index is 11.8. The summed E-state index contributed by atoms with van der Waals surface area (Å²) in [5, 5.41) is 9.94. The molecule has 8 heteroatoms. The molecule has 2 amide bonds. The summed E-state index contributed by atoms with van der Waals surface area (Å²) in [6, 6.07) is 1.75. The van der Waals surface area contributed by atoms with Crippen LogP contribution in [0.25, 0.3) is 0 Å². The number of rotatable bonds is 3. The average molecular weight is 291 g/mol. The van der Waals surface area contributed by atoms with Gasteiger partial charge in [-0.25, -0.2) is 4.98 Å². The molecule has 3 rings (SSSR count). The monoisotopic (exact) mass is 291 g/mol. The van der Waals surface area contributed by atoms with Gasteiger partial charge in [-0.1, -0.05) is 11.3 Å². The van der Waals surface area contributed by atoms with E-state index in [1.807, 2.05) is 0 Å². The molecule has 1 aliphatic rings. The summed E-state index contributed by atoms with van der Waals surface area (Å²) in [5.41, 5.74) is 0.763. The van der Waals surface area contributed by atoms with Crippen LogP contribution in [0.15, 0.2) is 18.5 Å². The van der Waals surface area contributed by atoms with Crippen LogP contribution in [-0.2, 0) is 17.8 Å². The second-order valence-corrected chi connectivity index (χ2v) is 5.41. The number of anilines is 1. The molecule has 0 radical (unpaired) electrons. The van der Waals surface area contributed by atoms with Crippen molar-refractivity contribution in [1.82, 2.24) is 20.1 Å². The van der Waals surface area contributed by atoms with Crippen molar-refractivity contribution in [3.8, 4) is 0 Å². The molecule has 0 unspecified atom stereocenters. The number of fused-ring (bicyclic) bond motifs is 1. The molecule has 3 heterocycles. The molecule has 2 aromatic rings. The Balaban J connectivity index is 1.70. The Kier molecular flexibility index (Phi) is 3.46. The van der Waals surface area contributed by atoms with Crippen LogP contribution in [0.4, 0.5) is 5.13 Å². The van der Waals surface area contributed by atoms with E-state index >= 15 is 0 Å². The van der Waals surface area contributed by atoms with Crippen LogP contribution in [-0.4, -0.2) is 33.1 Å². The van der Waals surface area contributed by atoms with Crippen LogP contribution in [0.1, 0.15) is 21.8 Å². The van der Waals surface area contributed by atoms with Gasteiger partial charge >= 0.3 is 0 Å². The fourth-order valence-electron chi connectivity index (χ4n) is 1.99. The molecule has 2 N–H and O–H groups in total. The highest BCUT2D eigenvalue weighted by Gasteiger charge is 2.21. The van der Waals surface area contributed by atoms with Gasteiger partial charge in [-0.3, -0.25) is 14.3 Å². The van der Waals surface area contributed by atoms with E-state index in [9.17, 15) is 9.59 Å². The van der Waals surface area contributed by atoms with Gasteiger partial charge in [0.05, 0.1) is 5.69 Å². The number of thiazole rings is 1. The van der Waals surface area contributed by atoms with E-state index in [2.05, 4.69) is 20.7 Å². The predicted octanol–water partition coefficient (Wildman–Crippen LogP) is 0.654. The van der Waals surface area contributed by atoms with E-state index in [4.69, 9.17) is 0 Å². The summed E-state index contributed by atoms with van der Waals surface area (Å²) < 4.78 is 1.53. The van der Waals surface area contributed by atoms with Crippen LogP contribution < -0.4 is 10.6 Å². The Bertz CT molecular complexity index is 634. The third kappa shape index (κ3) is 2.69. The fraction of sp³-hybridized carbons (Fsp3) is 0.333. The molecule has 2 aromatic heterocycles. The standard InChI is InChI=1S/C12H13N5O2S/c18-9(7-17-6-2-5-14-17)16-12-15-8-3-1-4-13-11(19)10(8)20-12/h2,5-6H,1,3-4,7H2,(H,13,19)(H,15,16,18). The van der Waals surface area contributed by atoms with Gasteiger partial charge in [-0.05, 0) is 18.9 Å². The molecular weight excluding hydrogens is 278 g/mol. The summed E-state index contributed by atoms with van der Waals surface area (Å²) in [6.07, 6.45) is 4.94. The fourth-order valence-corrected chi connectivity index (χ4v) is 2.93. The van der Waals surface area contributed by atoms with Crippen LogP contribution in [0.5, 0.6) is 0 Å². The number of nitrogens with zero attached hydrogens (tertiary/aromatic N) is 3. The van der Waals surface area contributed by atoms with Crippen molar-refractivity contribution in [1.29, 1.82) is 0 Å². The highest BCUT2D eigenvalue weighted by molar-refractivity contribution is 7.17. The third-order valence-electron chi connectivity index (χ3n) is 2.89. The van der Waals surface area contributed by atoms with Crippen molar-refractivity contribution in [2.24, 2.45) is 0 Å². The largest absolute Gasteiger partial charge is 0.351 e. The number of amides is 2. The van der Waals surface area contributed by atoms with Crippen molar-refractivity contribution in [2.75, 3.05) is 11.9 Å². The number of aryl methyl sites for hydroxylation is 1. The molecule has 20 heavy (non-hydrogen) atoms. The zero-order chi connectivity index (χ0) is 13.9. The molecule has 0 aliphatic carbocycles. The van der Waals surface area contributed by atoms with Gasteiger partial charge in [-0.15, -0.1) is 0 Å². The first-order valence-corrected chi connectivity index (χ1v) is 7.09. The van der Waals surface area contributed by atoms with E-state index in [1.165, 1.54) is 16.0 Å². The molecule has 0 aromatic carbocycles. The molecule has 1 aliphatic heterocycles. The van der Waals surface area contributed by atoms with E-state index in [0.29, 0.717) is 16.6 Å². The maximum atomic E-state index is 11.8. The van der Waals surface area contributed by atoms with E-state index in [1.54, 1.807) is 18.5 Å². The van der Waals surface area contributed by atoms with Gasteiger partial charge in [0, 0.05) is 18.9 Å². The summed E-state index contributed by atoms with van der Waals surface area (Å²) in [4.78, 5) is 28.6. The lowest BCUT2D eigenvalue weighted by molar-refractivity contribution is -0.116. The summed E-state index contributed by atoms with van der Waals surface area (Å²) >= 11 is 1.21. The van der Waals surface area contributed by atoms with Gasteiger partial charge in [-0.2, -0.15) is 5.10 Å². The predicted molar refractivity (Wildman–Crippen MR) is 73.6 cm³/mol. The lowest BCUT2D eigenvalue weighted by atomic mass is 10.2. The quantitative estimate of drug-likeness (QED) is 0.869. The first-order chi connectivity index (χ1) is 9.72. The van der Waals surface area contributed by atoms with Gasteiger partial charge in [0.2, 0.25) is 5.91 Å². The van der Waals surface area contributed by atoms with Crippen LogP contribution >= 0.6 is 11.3 Å². The van der Waals surface area contributed by atoms with Gasteiger partial charge < -0.3 is 10.6 Å². The summed E-state index contributed by atoms with van der Waals surface area (Å²) in [5.74, 6) is -0.319. The molecular formula is C12H13N5O2S. The molecule has 104 valence electrons.